The number of hydrogen-bond donors (Lipinski definition) is 2. The molecule has 1 amide bonds. The highest BCUT2D eigenvalue weighted by atomic mass is 32.2. The third-order valence-electron chi connectivity index (χ3n) is 6.54. The number of thioether (sulfide) groups is 1. The number of allylic oxidation sites excluding steroid dienone is 1. The van der Waals surface area contributed by atoms with Gasteiger partial charge in [-0.15, -0.1) is 5.10 Å². The average molecular weight is 580 g/mol. The normalized spacial score (nSPS) is 14.3. The molecule has 2 heterocycles. The predicted molar refractivity (Wildman–Crippen MR) is 164 cm³/mol. The predicted octanol–water partition coefficient (Wildman–Crippen LogP) is 7.07. The second-order valence-corrected chi connectivity index (χ2v) is 10.7. The van der Waals surface area contributed by atoms with Crippen molar-refractivity contribution in [3.05, 3.63) is 59.3 Å². The third-order valence-corrected chi connectivity index (χ3v) is 7.58. The fourth-order valence-corrected chi connectivity index (χ4v) is 5.33. The first kappa shape index (κ1) is 30.3. The zero-order valence-corrected chi connectivity index (χ0v) is 25.5. The highest BCUT2D eigenvalue weighted by Gasteiger charge is 2.35. The van der Waals surface area contributed by atoms with Gasteiger partial charge < -0.3 is 24.8 Å². The number of anilines is 2. The van der Waals surface area contributed by atoms with Crippen LogP contribution in [0.3, 0.4) is 0 Å². The largest absolute Gasteiger partial charge is 0.492 e. The van der Waals surface area contributed by atoms with Crippen LogP contribution in [0.5, 0.6) is 17.2 Å². The van der Waals surface area contributed by atoms with Gasteiger partial charge in [-0.25, -0.2) is 4.68 Å². The van der Waals surface area contributed by atoms with E-state index in [1.54, 1.807) is 16.4 Å². The molecule has 1 unspecified atom stereocenters. The Morgan fingerprint density at radius 1 is 0.976 bits per heavy atom. The summed E-state index contributed by atoms with van der Waals surface area (Å²) in [7, 11) is 0. The number of carbonyl (C=O) groups is 1. The van der Waals surface area contributed by atoms with Crippen molar-refractivity contribution in [2.75, 3.05) is 36.2 Å². The average Bonchev–Trinajstić information content (AvgIpc) is 3.37. The van der Waals surface area contributed by atoms with Crippen LogP contribution in [0.15, 0.2) is 58.9 Å². The number of unbranched alkanes of at least 4 members (excludes halogenated alkanes) is 2. The molecule has 0 fully saturated rings. The fraction of sp³-hybridized carbons (Fsp3) is 0.452. The highest BCUT2D eigenvalue weighted by molar-refractivity contribution is 7.99. The Balaban J connectivity index is 1.75. The lowest BCUT2D eigenvalue weighted by atomic mass is 9.94. The van der Waals surface area contributed by atoms with E-state index in [-0.39, 0.29) is 5.91 Å². The second-order valence-electron chi connectivity index (χ2n) is 9.66. The van der Waals surface area contributed by atoms with Crippen molar-refractivity contribution in [3.63, 3.8) is 0 Å². The van der Waals surface area contributed by atoms with Crippen molar-refractivity contribution < 1.29 is 19.0 Å². The van der Waals surface area contributed by atoms with Crippen molar-refractivity contribution in [2.24, 2.45) is 0 Å². The van der Waals surface area contributed by atoms with Crippen molar-refractivity contribution in [3.8, 4) is 17.2 Å². The van der Waals surface area contributed by atoms with Crippen molar-refractivity contribution in [1.82, 2.24) is 14.8 Å². The molecule has 0 bridgehead atoms. The Bertz CT molecular complexity index is 1360. The number of rotatable bonds is 15. The minimum absolute atomic E-state index is 0.256. The lowest BCUT2D eigenvalue weighted by molar-refractivity contribution is -0.113. The summed E-state index contributed by atoms with van der Waals surface area (Å²) in [5, 5.41) is 11.9. The molecule has 0 aliphatic carbocycles. The van der Waals surface area contributed by atoms with E-state index in [2.05, 4.69) is 24.5 Å². The quantitative estimate of drug-likeness (QED) is 0.146. The molecule has 3 aromatic rings. The molecule has 4 rings (SSSR count). The van der Waals surface area contributed by atoms with Gasteiger partial charge in [0, 0.05) is 11.4 Å². The smallest absolute Gasteiger partial charge is 0.255 e. The summed E-state index contributed by atoms with van der Waals surface area (Å²) in [5.74, 6) is 3.19. The summed E-state index contributed by atoms with van der Waals surface area (Å²) < 4.78 is 19.6. The van der Waals surface area contributed by atoms with Crippen LogP contribution in [0.2, 0.25) is 0 Å². The molecule has 1 aliphatic heterocycles. The maximum atomic E-state index is 14.0. The summed E-state index contributed by atoms with van der Waals surface area (Å²) in [4.78, 5) is 18.7. The van der Waals surface area contributed by atoms with Gasteiger partial charge in [0.2, 0.25) is 11.1 Å². The fourth-order valence-electron chi connectivity index (χ4n) is 4.65. The SMILES string of the molecule is CCCCCOc1ccc(C2C(C(=O)Nc3ccccc3OCC)=C(C)Nc3nc(SCCC)nn32)cc1OCC. The molecule has 1 atom stereocenters. The van der Waals surface area contributed by atoms with Crippen molar-refractivity contribution in [2.45, 2.75) is 71.5 Å². The van der Waals surface area contributed by atoms with E-state index < -0.39 is 6.04 Å². The molecular formula is C31H41N5O4S. The monoisotopic (exact) mass is 579 g/mol. The van der Waals surface area contributed by atoms with E-state index in [0.717, 1.165) is 37.0 Å². The Morgan fingerprint density at radius 3 is 2.51 bits per heavy atom. The zero-order valence-electron chi connectivity index (χ0n) is 24.7. The molecule has 2 N–H and O–H groups in total. The number of amides is 1. The lowest BCUT2D eigenvalue weighted by Crippen LogP contribution is -2.31. The molecule has 0 saturated carbocycles. The molecule has 41 heavy (non-hydrogen) atoms. The van der Waals surface area contributed by atoms with Crippen molar-refractivity contribution >= 4 is 29.3 Å². The number of nitrogens with zero attached hydrogens (tertiary/aromatic N) is 3. The number of benzene rings is 2. The van der Waals surface area contributed by atoms with Gasteiger partial charge in [0.1, 0.15) is 11.8 Å². The Hall–Kier alpha value is -3.66. The van der Waals surface area contributed by atoms with Crippen LogP contribution in [0.25, 0.3) is 0 Å². The molecule has 0 spiro atoms. The van der Waals surface area contributed by atoms with Crippen LogP contribution in [0.4, 0.5) is 11.6 Å². The second kappa shape index (κ2) is 14.8. The van der Waals surface area contributed by atoms with Gasteiger partial charge in [-0.3, -0.25) is 4.79 Å². The molecule has 9 nitrogen and oxygen atoms in total. The molecule has 0 saturated heterocycles. The first-order chi connectivity index (χ1) is 20.0. The van der Waals surface area contributed by atoms with Gasteiger partial charge in [-0.05, 0) is 63.4 Å². The number of ether oxygens (including phenoxy) is 3. The lowest BCUT2D eigenvalue weighted by Gasteiger charge is -2.29. The Kier molecular flexibility index (Phi) is 11.0. The number of carbonyl (C=O) groups excluding carboxylic acids is 1. The minimum atomic E-state index is -0.540. The first-order valence-electron chi connectivity index (χ1n) is 14.5. The number of aromatic nitrogens is 3. The van der Waals surface area contributed by atoms with Crippen LogP contribution >= 0.6 is 11.8 Å². The van der Waals surface area contributed by atoms with Crippen molar-refractivity contribution in [1.29, 1.82) is 0 Å². The van der Waals surface area contributed by atoms with Gasteiger partial charge in [0.05, 0.1) is 31.1 Å². The zero-order chi connectivity index (χ0) is 29.2. The van der Waals surface area contributed by atoms with Crippen LogP contribution in [0.1, 0.15) is 71.9 Å². The minimum Gasteiger partial charge on any atom is -0.492 e. The summed E-state index contributed by atoms with van der Waals surface area (Å²) in [6.45, 7) is 11.7. The molecule has 2 aromatic carbocycles. The van der Waals surface area contributed by atoms with Gasteiger partial charge >= 0.3 is 0 Å². The number of para-hydroxylation sites is 2. The van der Waals surface area contributed by atoms with Crippen LogP contribution in [-0.4, -0.2) is 46.2 Å². The summed E-state index contributed by atoms with van der Waals surface area (Å²) in [6, 6.07) is 12.7. The third kappa shape index (κ3) is 7.35. The van der Waals surface area contributed by atoms with E-state index in [4.69, 9.17) is 24.3 Å². The van der Waals surface area contributed by atoms with E-state index in [0.29, 0.717) is 65.1 Å². The standard InChI is InChI=1S/C31H41N5O4S/c1-6-10-13-18-40-25-17-16-22(20-26(25)39-9-4)28-27(29(37)33-23-14-11-12-15-24(23)38-8-3)21(5)32-30-34-31(35-36(28)30)41-19-7-2/h11-12,14-17,20,28H,6-10,13,18-19H2,1-5H3,(H,33,37)(H,32,34,35). The van der Waals surface area contributed by atoms with Gasteiger partial charge in [0.25, 0.3) is 5.91 Å². The van der Waals surface area contributed by atoms with Crippen LogP contribution in [0, 0.1) is 0 Å². The summed E-state index contributed by atoms with van der Waals surface area (Å²) in [6.07, 6.45) is 4.22. The van der Waals surface area contributed by atoms with E-state index in [9.17, 15) is 4.79 Å². The Labute approximate surface area is 247 Å². The Morgan fingerprint density at radius 2 is 1.76 bits per heavy atom. The van der Waals surface area contributed by atoms with E-state index >= 15 is 0 Å². The molecule has 1 aromatic heterocycles. The van der Waals surface area contributed by atoms with E-state index in [1.807, 2.05) is 63.2 Å². The summed E-state index contributed by atoms with van der Waals surface area (Å²) >= 11 is 1.60. The maximum absolute atomic E-state index is 14.0. The molecule has 0 radical (unpaired) electrons. The molecular weight excluding hydrogens is 538 g/mol. The number of hydrogen-bond acceptors (Lipinski definition) is 8. The van der Waals surface area contributed by atoms with Crippen LogP contribution < -0.4 is 24.8 Å². The van der Waals surface area contributed by atoms with Gasteiger partial charge in [-0.1, -0.05) is 56.7 Å². The highest BCUT2D eigenvalue weighted by Crippen LogP contribution is 2.40. The topological polar surface area (TPSA) is 99.5 Å². The van der Waals surface area contributed by atoms with Gasteiger partial charge in [-0.2, -0.15) is 4.98 Å². The first-order valence-corrected chi connectivity index (χ1v) is 15.5. The maximum Gasteiger partial charge on any atom is 0.255 e. The molecule has 220 valence electrons. The van der Waals surface area contributed by atoms with Gasteiger partial charge in [0.15, 0.2) is 11.5 Å². The van der Waals surface area contributed by atoms with E-state index in [1.165, 1.54) is 0 Å². The molecule has 10 heteroatoms. The summed E-state index contributed by atoms with van der Waals surface area (Å²) in [5.41, 5.74) is 2.68. The van der Waals surface area contributed by atoms with Crippen LogP contribution in [-0.2, 0) is 4.79 Å². The molecule has 1 aliphatic rings. The number of nitrogens with one attached hydrogen (secondary N) is 2. The number of fused-ring (bicyclic) bond motifs is 1.